The van der Waals surface area contributed by atoms with E-state index in [-0.39, 0.29) is 0 Å². The highest BCUT2D eigenvalue weighted by atomic mass is 32.1. The van der Waals surface area contributed by atoms with E-state index in [1.807, 2.05) is 0 Å². The number of anilines is 3. The first kappa shape index (κ1) is 16.2. The Balaban J connectivity index is 1.66. The van der Waals surface area contributed by atoms with Crippen LogP contribution in [0, 0.1) is 6.92 Å². The number of aromatic nitrogens is 2. The van der Waals surface area contributed by atoms with Crippen molar-refractivity contribution >= 4 is 28.0 Å². The zero-order valence-corrected chi connectivity index (χ0v) is 14.4. The maximum atomic E-state index is 5.42. The second-order valence-electron chi connectivity index (χ2n) is 5.48. The average Bonchev–Trinajstić information content (AvgIpc) is 3.01. The van der Waals surface area contributed by atoms with Crippen molar-refractivity contribution < 1.29 is 9.47 Å². The van der Waals surface area contributed by atoms with Crippen LogP contribution in [0.5, 0.6) is 0 Å². The van der Waals surface area contributed by atoms with Crippen LogP contribution in [0.2, 0.25) is 0 Å². The van der Waals surface area contributed by atoms with E-state index in [1.165, 1.54) is 22.8 Å². The van der Waals surface area contributed by atoms with E-state index in [9.17, 15) is 0 Å². The molecule has 7 heteroatoms. The molecule has 1 aromatic heterocycles. The van der Waals surface area contributed by atoms with Crippen LogP contribution in [0.15, 0.2) is 18.2 Å². The van der Waals surface area contributed by atoms with Gasteiger partial charge < -0.3 is 19.7 Å². The highest BCUT2D eigenvalue weighted by Crippen LogP contribution is 2.26. The monoisotopic (exact) mass is 334 g/mol. The number of nitrogens with zero attached hydrogens (tertiary/aromatic N) is 3. The van der Waals surface area contributed by atoms with Gasteiger partial charge in [0, 0.05) is 49.5 Å². The van der Waals surface area contributed by atoms with Gasteiger partial charge in [0.25, 0.3) is 0 Å². The predicted molar refractivity (Wildman–Crippen MR) is 93.0 cm³/mol. The van der Waals surface area contributed by atoms with Gasteiger partial charge in [-0.25, -0.2) is 4.98 Å². The third-order valence-corrected chi connectivity index (χ3v) is 4.47. The molecule has 0 atom stereocenters. The van der Waals surface area contributed by atoms with Gasteiger partial charge in [-0.05, 0) is 30.7 Å². The normalized spacial score (nSPS) is 15.0. The Morgan fingerprint density at radius 2 is 2.17 bits per heavy atom. The minimum atomic E-state index is 0.642. The molecule has 0 saturated carbocycles. The molecule has 0 bridgehead atoms. The summed E-state index contributed by atoms with van der Waals surface area (Å²) in [7, 11) is 1.68. The first-order chi connectivity index (χ1) is 11.3. The lowest BCUT2D eigenvalue weighted by molar-refractivity contribution is 0.122. The fourth-order valence-electron chi connectivity index (χ4n) is 2.62. The summed E-state index contributed by atoms with van der Waals surface area (Å²) in [5.74, 6) is 0.820. The van der Waals surface area contributed by atoms with E-state index in [0.29, 0.717) is 6.61 Å². The van der Waals surface area contributed by atoms with Gasteiger partial charge in [-0.15, -0.1) is 0 Å². The predicted octanol–water partition coefficient (Wildman–Crippen LogP) is 2.62. The Bertz CT molecular complexity index is 641. The van der Waals surface area contributed by atoms with Gasteiger partial charge in [-0.3, -0.25) is 0 Å². The van der Waals surface area contributed by atoms with E-state index in [2.05, 4.69) is 44.7 Å². The summed E-state index contributed by atoms with van der Waals surface area (Å²) in [6, 6.07) is 6.41. The largest absolute Gasteiger partial charge is 0.384 e. The number of methoxy groups -OCH3 is 1. The SMILES string of the molecule is COCCc1nsc(Nc2ccc(N3CCOCC3)c(C)c2)n1. The van der Waals surface area contributed by atoms with E-state index in [0.717, 1.165) is 49.4 Å². The molecule has 1 aliphatic heterocycles. The van der Waals surface area contributed by atoms with Gasteiger partial charge in [-0.2, -0.15) is 4.37 Å². The van der Waals surface area contributed by atoms with Crippen molar-refractivity contribution in [3.05, 3.63) is 29.6 Å². The summed E-state index contributed by atoms with van der Waals surface area (Å²) in [6.07, 6.45) is 0.740. The van der Waals surface area contributed by atoms with Gasteiger partial charge >= 0.3 is 0 Å². The average molecular weight is 334 g/mol. The number of aryl methyl sites for hydroxylation is 1. The van der Waals surface area contributed by atoms with Crippen molar-refractivity contribution in [2.45, 2.75) is 13.3 Å². The molecule has 1 N–H and O–H groups in total. The van der Waals surface area contributed by atoms with Gasteiger partial charge in [-0.1, -0.05) is 0 Å². The Morgan fingerprint density at radius 1 is 1.35 bits per heavy atom. The van der Waals surface area contributed by atoms with Gasteiger partial charge in [0.05, 0.1) is 19.8 Å². The zero-order chi connectivity index (χ0) is 16.1. The maximum absolute atomic E-state index is 5.42. The Labute approximate surface area is 140 Å². The maximum Gasteiger partial charge on any atom is 0.207 e. The van der Waals surface area contributed by atoms with Crippen molar-refractivity contribution in [2.75, 3.05) is 50.2 Å². The van der Waals surface area contributed by atoms with Crippen molar-refractivity contribution in [3.63, 3.8) is 0 Å². The molecule has 0 radical (unpaired) electrons. The molecule has 0 aliphatic carbocycles. The molecular formula is C16H22N4O2S. The van der Waals surface area contributed by atoms with E-state index < -0.39 is 0 Å². The lowest BCUT2D eigenvalue weighted by Crippen LogP contribution is -2.36. The first-order valence-electron chi connectivity index (χ1n) is 7.78. The fraction of sp³-hybridized carbons (Fsp3) is 0.500. The molecule has 0 spiro atoms. The Kier molecular flexibility index (Phi) is 5.43. The van der Waals surface area contributed by atoms with Crippen LogP contribution >= 0.6 is 11.5 Å². The van der Waals surface area contributed by atoms with Crippen LogP contribution in [0.4, 0.5) is 16.5 Å². The lowest BCUT2D eigenvalue weighted by atomic mass is 10.1. The molecule has 124 valence electrons. The van der Waals surface area contributed by atoms with Crippen LogP contribution in [-0.4, -0.2) is 49.4 Å². The molecule has 1 aliphatic rings. The van der Waals surface area contributed by atoms with Crippen LogP contribution in [0.3, 0.4) is 0 Å². The van der Waals surface area contributed by atoms with Crippen LogP contribution < -0.4 is 10.2 Å². The molecule has 2 aromatic rings. The standard InChI is InChI=1S/C16H22N4O2S/c1-12-11-13(3-4-14(12)20-6-9-22-10-7-20)17-16-18-15(19-23-16)5-8-21-2/h3-4,11H,5-10H2,1-2H3,(H,17,18,19). The third kappa shape index (κ3) is 4.19. The van der Waals surface area contributed by atoms with Crippen LogP contribution in [-0.2, 0) is 15.9 Å². The summed E-state index contributed by atoms with van der Waals surface area (Å²) in [4.78, 5) is 6.85. The van der Waals surface area contributed by atoms with E-state index in [1.54, 1.807) is 7.11 Å². The number of morpholine rings is 1. The second kappa shape index (κ2) is 7.72. The Hall–Kier alpha value is -1.70. The number of hydrogen-bond donors (Lipinski definition) is 1. The summed E-state index contributed by atoms with van der Waals surface area (Å²) >= 11 is 1.38. The minimum absolute atomic E-state index is 0.642. The molecule has 2 heterocycles. The summed E-state index contributed by atoms with van der Waals surface area (Å²) in [6.45, 7) is 6.28. The Morgan fingerprint density at radius 3 is 2.91 bits per heavy atom. The minimum Gasteiger partial charge on any atom is -0.384 e. The van der Waals surface area contributed by atoms with E-state index in [4.69, 9.17) is 9.47 Å². The molecule has 1 fully saturated rings. The highest BCUT2D eigenvalue weighted by molar-refractivity contribution is 7.09. The van der Waals surface area contributed by atoms with Gasteiger partial charge in [0.1, 0.15) is 5.82 Å². The van der Waals surface area contributed by atoms with Crippen LogP contribution in [0.25, 0.3) is 0 Å². The quantitative estimate of drug-likeness (QED) is 0.876. The van der Waals surface area contributed by atoms with Crippen molar-refractivity contribution in [3.8, 4) is 0 Å². The molecule has 23 heavy (non-hydrogen) atoms. The number of nitrogens with one attached hydrogen (secondary N) is 1. The van der Waals surface area contributed by atoms with Crippen molar-refractivity contribution in [2.24, 2.45) is 0 Å². The molecule has 1 aromatic carbocycles. The van der Waals surface area contributed by atoms with Crippen molar-refractivity contribution in [1.29, 1.82) is 0 Å². The van der Waals surface area contributed by atoms with Crippen LogP contribution in [0.1, 0.15) is 11.4 Å². The number of benzene rings is 1. The summed E-state index contributed by atoms with van der Waals surface area (Å²) < 4.78 is 14.8. The summed E-state index contributed by atoms with van der Waals surface area (Å²) in [5, 5.41) is 4.15. The topological polar surface area (TPSA) is 59.5 Å². The molecule has 6 nitrogen and oxygen atoms in total. The molecule has 0 unspecified atom stereocenters. The third-order valence-electron chi connectivity index (χ3n) is 3.80. The molecular weight excluding hydrogens is 312 g/mol. The number of hydrogen-bond acceptors (Lipinski definition) is 7. The van der Waals surface area contributed by atoms with Gasteiger partial charge in [0.2, 0.25) is 5.13 Å². The smallest absolute Gasteiger partial charge is 0.207 e. The van der Waals surface area contributed by atoms with E-state index >= 15 is 0 Å². The number of rotatable bonds is 6. The number of ether oxygens (including phenoxy) is 2. The highest BCUT2D eigenvalue weighted by Gasteiger charge is 2.13. The van der Waals surface area contributed by atoms with Crippen molar-refractivity contribution in [1.82, 2.24) is 9.36 Å². The summed E-state index contributed by atoms with van der Waals surface area (Å²) in [5.41, 5.74) is 3.56. The second-order valence-corrected chi connectivity index (χ2v) is 6.24. The lowest BCUT2D eigenvalue weighted by Gasteiger charge is -2.30. The first-order valence-corrected chi connectivity index (χ1v) is 8.55. The van der Waals surface area contributed by atoms with Gasteiger partial charge in [0.15, 0.2) is 0 Å². The molecule has 1 saturated heterocycles. The molecule has 3 rings (SSSR count). The fourth-order valence-corrected chi connectivity index (χ4v) is 3.25. The molecule has 0 amide bonds. The zero-order valence-electron chi connectivity index (χ0n) is 13.5.